The van der Waals surface area contributed by atoms with Crippen LogP contribution in [0.2, 0.25) is 5.02 Å². The van der Waals surface area contributed by atoms with Gasteiger partial charge < -0.3 is 5.73 Å². The van der Waals surface area contributed by atoms with Crippen LogP contribution in [0.1, 0.15) is 20.3 Å². The summed E-state index contributed by atoms with van der Waals surface area (Å²) in [6.45, 7) is 5.12. The highest BCUT2D eigenvalue weighted by molar-refractivity contribution is 7.99. The van der Waals surface area contributed by atoms with Crippen LogP contribution in [0.4, 0.5) is 0 Å². The van der Waals surface area contributed by atoms with Gasteiger partial charge in [0.15, 0.2) is 0 Å². The van der Waals surface area contributed by atoms with Gasteiger partial charge in [-0.1, -0.05) is 37.6 Å². The van der Waals surface area contributed by atoms with Crippen LogP contribution < -0.4 is 5.73 Å². The first-order valence-corrected chi connectivity index (χ1v) is 6.49. The highest BCUT2D eigenvalue weighted by Crippen LogP contribution is 2.30. The standard InChI is InChI=1S/C12H18ClNS/c1-12(2,9-14)7-8-15-11-6-4-3-5-10(11)13/h3-6H,7-9,14H2,1-2H3. The summed E-state index contributed by atoms with van der Waals surface area (Å²) in [5, 5.41) is 0.841. The zero-order chi connectivity index (χ0) is 11.3. The summed E-state index contributed by atoms with van der Waals surface area (Å²) >= 11 is 7.86. The minimum absolute atomic E-state index is 0.230. The second kappa shape index (κ2) is 5.78. The summed E-state index contributed by atoms with van der Waals surface area (Å²) in [4.78, 5) is 1.16. The Morgan fingerprint density at radius 2 is 2.00 bits per heavy atom. The summed E-state index contributed by atoms with van der Waals surface area (Å²) in [6.07, 6.45) is 1.11. The van der Waals surface area contributed by atoms with Gasteiger partial charge in [0.2, 0.25) is 0 Å². The van der Waals surface area contributed by atoms with Crippen molar-refractivity contribution in [2.75, 3.05) is 12.3 Å². The van der Waals surface area contributed by atoms with E-state index in [1.54, 1.807) is 11.8 Å². The zero-order valence-electron chi connectivity index (χ0n) is 9.29. The third kappa shape index (κ3) is 4.45. The molecule has 0 aliphatic heterocycles. The third-order valence-corrected chi connectivity index (χ3v) is 3.94. The quantitative estimate of drug-likeness (QED) is 0.796. The molecular formula is C12H18ClNS. The predicted molar refractivity (Wildman–Crippen MR) is 69.6 cm³/mol. The fourth-order valence-electron chi connectivity index (χ4n) is 1.10. The van der Waals surface area contributed by atoms with Gasteiger partial charge in [-0.15, -0.1) is 11.8 Å². The van der Waals surface area contributed by atoms with E-state index in [1.165, 1.54) is 0 Å². The fraction of sp³-hybridized carbons (Fsp3) is 0.500. The van der Waals surface area contributed by atoms with Crippen molar-refractivity contribution in [3.05, 3.63) is 29.3 Å². The van der Waals surface area contributed by atoms with Crippen LogP contribution in [0.25, 0.3) is 0 Å². The molecule has 0 saturated carbocycles. The molecule has 2 N–H and O–H groups in total. The first-order chi connectivity index (χ1) is 7.05. The summed E-state index contributed by atoms with van der Waals surface area (Å²) < 4.78 is 0. The second-order valence-corrected chi connectivity index (χ2v) is 5.94. The molecule has 84 valence electrons. The van der Waals surface area contributed by atoms with E-state index < -0.39 is 0 Å². The van der Waals surface area contributed by atoms with Gasteiger partial charge in [0.05, 0.1) is 5.02 Å². The first-order valence-electron chi connectivity index (χ1n) is 5.12. The maximum Gasteiger partial charge on any atom is 0.0541 e. The SMILES string of the molecule is CC(C)(CN)CCSc1ccccc1Cl. The number of rotatable bonds is 5. The van der Waals surface area contributed by atoms with Gasteiger partial charge in [-0.25, -0.2) is 0 Å². The summed E-state index contributed by atoms with van der Waals surface area (Å²) in [5.41, 5.74) is 5.91. The molecule has 0 spiro atoms. The largest absolute Gasteiger partial charge is 0.330 e. The van der Waals surface area contributed by atoms with E-state index in [-0.39, 0.29) is 5.41 Å². The lowest BCUT2D eigenvalue weighted by Crippen LogP contribution is -2.23. The maximum atomic E-state index is 6.06. The van der Waals surface area contributed by atoms with Crippen LogP contribution in [0.5, 0.6) is 0 Å². The van der Waals surface area contributed by atoms with E-state index in [9.17, 15) is 0 Å². The number of nitrogens with two attached hydrogens (primary N) is 1. The van der Waals surface area contributed by atoms with Crippen LogP contribution in [-0.2, 0) is 0 Å². The van der Waals surface area contributed by atoms with Gasteiger partial charge in [0.1, 0.15) is 0 Å². The molecule has 0 aliphatic rings. The minimum Gasteiger partial charge on any atom is -0.330 e. The van der Waals surface area contributed by atoms with E-state index in [1.807, 2.05) is 18.2 Å². The van der Waals surface area contributed by atoms with Crippen molar-refractivity contribution < 1.29 is 0 Å². The Labute approximate surface area is 101 Å². The first kappa shape index (κ1) is 12.9. The van der Waals surface area contributed by atoms with Crippen LogP contribution in [0.3, 0.4) is 0 Å². The van der Waals surface area contributed by atoms with Crippen LogP contribution in [0, 0.1) is 5.41 Å². The van der Waals surface area contributed by atoms with Gasteiger partial charge in [-0.05, 0) is 36.3 Å². The fourth-order valence-corrected chi connectivity index (χ4v) is 2.66. The van der Waals surface area contributed by atoms with Crippen molar-refractivity contribution in [1.82, 2.24) is 0 Å². The van der Waals surface area contributed by atoms with Gasteiger partial charge in [0, 0.05) is 4.90 Å². The lowest BCUT2D eigenvalue weighted by Gasteiger charge is -2.21. The average molecular weight is 244 g/mol. The minimum atomic E-state index is 0.230. The molecule has 1 aromatic rings. The van der Waals surface area contributed by atoms with E-state index >= 15 is 0 Å². The Bertz CT molecular complexity index is 312. The van der Waals surface area contributed by atoms with Crippen molar-refractivity contribution in [3.8, 4) is 0 Å². The van der Waals surface area contributed by atoms with E-state index in [0.29, 0.717) is 0 Å². The Balaban J connectivity index is 2.42. The molecule has 0 saturated heterocycles. The molecule has 0 radical (unpaired) electrons. The van der Waals surface area contributed by atoms with E-state index in [4.69, 9.17) is 17.3 Å². The van der Waals surface area contributed by atoms with Crippen molar-refractivity contribution in [3.63, 3.8) is 0 Å². The Morgan fingerprint density at radius 1 is 1.33 bits per heavy atom. The normalized spacial score (nSPS) is 11.7. The molecule has 15 heavy (non-hydrogen) atoms. The molecule has 1 aromatic carbocycles. The molecule has 1 nitrogen and oxygen atoms in total. The van der Waals surface area contributed by atoms with Crippen molar-refractivity contribution >= 4 is 23.4 Å². The molecular weight excluding hydrogens is 226 g/mol. The third-order valence-electron chi connectivity index (χ3n) is 2.43. The maximum absolute atomic E-state index is 6.06. The number of thioether (sulfide) groups is 1. The monoisotopic (exact) mass is 243 g/mol. The van der Waals surface area contributed by atoms with Gasteiger partial charge >= 0.3 is 0 Å². The molecule has 0 bridgehead atoms. The summed E-state index contributed by atoms with van der Waals surface area (Å²) in [5.74, 6) is 1.06. The highest BCUT2D eigenvalue weighted by Gasteiger charge is 2.15. The Hall–Kier alpha value is -0.180. The predicted octanol–water partition coefficient (Wildman–Crippen LogP) is 3.81. The lowest BCUT2D eigenvalue weighted by atomic mass is 9.91. The van der Waals surface area contributed by atoms with Crippen molar-refractivity contribution in [1.29, 1.82) is 0 Å². The van der Waals surface area contributed by atoms with E-state index in [2.05, 4.69) is 19.9 Å². The Kier molecular flexibility index (Phi) is 4.97. The van der Waals surface area contributed by atoms with E-state index in [0.717, 1.165) is 28.6 Å². The molecule has 0 unspecified atom stereocenters. The van der Waals surface area contributed by atoms with Gasteiger partial charge in [-0.3, -0.25) is 0 Å². The summed E-state index contributed by atoms with van der Waals surface area (Å²) in [6, 6.07) is 7.96. The van der Waals surface area contributed by atoms with Crippen molar-refractivity contribution in [2.45, 2.75) is 25.2 Å². The molecule has 0 aliphatic carbocycles. The molecule has 0 amide bonds. The number of benzene rings is 1. The Morgan fingerprint density at radius 3 is 2.60 bits per heavy atom. The van der Waals surface area contributed by atoms with Gasteiger partial charge in [-0.2, -0.15) is 0 Å². The average Bonchev–Trinajstić information content (AvgIpc) is 2.21. The highest BCUT2D eigenvalue weighted by atomic mass is 35.5. The summed E-state index contributed by atoms with van der Waals surface area (Å²) in [7, 11) is 0. The zero-order valence-corrected chi connectivity index (χ0v) is 10.9. The van der Waals surface area contributed by atoms with Crippen LogP contribution in [0.15, 0.2) is 29.2 Å². The second-order valence-electron chi connectivity index (χ2n) is 4.40. The molecule has 0 fully saturated rings. The number of halogens is 1. The van der Waals surface area contributed by atoms with Crippen molar-refractivity contribution in [2.24, 2.45) is 11.1 Å². The lowest BCUT2D eigenvalue weighted by molar-refractivity contribution is 0.368. The smallest absolute Gasteiger partial charge is 0.0541 e. The molecule has 0 atom stereocenters. The molecule has 1 rings (SSSR count). The number of hydrogen-bond donors (Lipinski definition) is 1. The topological polar surface area (TPSA) is 26.0 Å². The van der Waals surface area contributed by atoms with Crippen LogP contribution >= 0.6 is 23.4 Å². The molecule has 0 heterocycles. The molecule has 0 aromatic heterocycles. The number of hydrogen-bond acceptors (Lipinski definition) is 2. The van der Waals surface area contributed by atoms with Crippen LogP contribution in [-0.4, -0.2) is 12.3 Å². The molecule has 3 heteroatoms. The van der Waals surface area contributed by atoms with Gasteiger partial charge in [0.25, 0.3) is 0 Å².